The van der Waals surface area contributed by atoms with Gasteiger partial charge in [-0.2, -0.15) is 5.10 Å². The molecule has 1 saturated heterocycles. The monoisotopic (exact) mass is 292 g/mol. The summed E-state index contributed by atoms with van der Waals surface area (Å²) in [6.45, 7) is 8.98. The smallest absolute Gasteiger partial charge is 0.220 e. The third-order valence-corrected chi connectivity index (χ3v) is 4.77. The van der Waals surface area contributed by atoms with Gasteiger partial charge in [0.15, 0.2) is 0 Å². The molecule has 1 aromatic heterocycles. The normalized spacial score (nSPS) is 20.3. The lowest BCUT2D eigenvalue weighted by atomic mass is 9.85. The van der Waals surface area contributed by atoms with E-state index >= 15 is 0 Å². The average Bonchev–Trinajstić information content (AvgIpc) is 2.71. The Morgan fingerprint density at radius 2 is 2.29 bits per heavy atom. The van der Waals surface area contributed by atoms with Crippen LogP contribution in [0.4, 0.5) is 0 Å². The van der Waals surface area contributed by atoms with E-state index in [1.165, 1.54) is 12.8 Å². The summed E-state index contributed by atoms with van der Waals surface area (Å²) in [7, 11) is 1.94. The number of hydrogen-bond acceptors (Lipinski definition) is 3. The maximum Gasteiger partial charge on any atom is 0.220 e. The molecule has 21 heavy (non-hydrogen) atoms. The van der Waals surface area contributed by atoms with Crippen LogP contribution in [0.25, 0.3) is 0 Å². The molecule has 5 heteroatoms. The fraction of sp³-hybridized carbons (Fsp3) is 0.750. The fourth-order valence-electron chi connectivity index (χ4n) is 3.16. The van der Waals surface area contributed by atoms with E-state index in [1.54, 1.807) is 0 Å². The van der Waals surface area contributed by atoms with Crippen LogP contribution in [0.5, 0.6) is 0 Å². The number of nitrogens with one attached hydrogen (secondary N) is 2. The molecule has 0 saturated carbocycles. The van der Waals surface area contributed by atoms with E-state index in [4.69, 9.17) is 0 Å². The van der Waals surface area contributed by atoms with Crippen LogP contribution in [-0.2, 0) is 18.4 Å². The van der Waals surface area contributed by atoms with E-state index in [0.717, 1.165) is 30.0 Å². The SMILES string of the molecule is Cc1nn(C)c(C)c1CNC(=O)CC(C)C1CCCNC1. The van der Waals surface area contributed by atoms with Crippen LogP contribution in [0.1, 0.15) is 43.1 Å². The van der Waals surface area contributed by atoms with E-state index in [9.17, 15) is 4.79 Å². The van der Waals surface area contributed by atoms with E-state index in [2.05, 4.69) is 22.7 Å². The molecular weight excluding hydrogens is 264 g/mol. The van der Waals surface area contributed by atoms with Gasteiger partial charge in [0.2, 0.25) is 5.91 Å². The highest BCUT2D eigenvalue weighted by Crippen LogP contribution is 2.22. The zero-order valence-corrected chi connectivity index (χ0v) is 13.7. The maximum atomic E-state index is 12.1. The van der Waals surface area contributed by atoms with Crippen LogP contribution in [0.15, 0.2) is 0 Å². The van der Waals surface area contributed by atoms with Gasteiger partial charge in [-0.25, -0.2) is 0 Å². The lowest BCUT2D eigenvalue weighted by Gasteiger charge is -2.28. The zero-order valence-electron chi connectivity index (χ0n) is 13.7. The molecule has 0 radical (unpaired) electrons. The minimum Gasteiger partial charge on any atom is -0.352 e. The van der Waals surface area contributed by atoms with Crippen molar-refractivity contribution in [3.63, 3.8) is 0 Å². The van der Waals surface area contributed by atoms with Gasteiger partial charge in [0.1, 0.15) is 0 Å². The molecule has 1 fully saturated rings. The number of piperidine rings is 1. The zero-order chi connectivity index (χ0) is 15.4. The van der Waals surface area contributed by atoms with Gasteiger partial charge in [0, 0.05) is 31.3 Å². The molecule has 0 aliphatic carbocycles. The number of rotatable bonds is 5. The van der Waals surface area contributed by atoms with E-state index in [-0.39, 0.29) is 5.91 Å². The lowest BCUT2D eigenvalue weighted by Crippen LogP contribution is -2.35. The van der Waals surface area contributed by atoms with E-state index < -0.39 is 0 Å². The molecule has 0 bridgehead atoms. The predicted molar refractivity (Wildman–Crippen MR) is 83.9 cm³/mol. The molecule has 1 aromatic rings. The Balaban J connectivity index is 1.81. The molecule has 2 rings (SSSR count). The van der Waals surface area contributed by atoms with Crippen molar-refractivity contribution in [3.05, 3.63) is 17.0 Å². The van der Waals surface area contributed by atoms with Crippen LogP contribution >= 0.6 is 0 Å². The molecule has 0 spiro atoms. The summed E-state index contributed by atoms with van der Waals surface area (Å²) in [4.78, 5) is 12.1. The van der Waals surface area contributed by atoms with Gasteiger partial charge in [-0.1, -0.05) is 6.92 Å². The summed E-state index contributed by atoms with van der Waals surface area (Å²) >= 11 is 0. The fourth-order valence-corrected chi connectivity index (χ4v) is 3.16. The molecule has 2 N–H and O–H groups in total. The molecule has 2 unspecified atom stereocenters. The molecule has 2 atom stereocenters. The van der Waals surface area contributed by atoms with Crippen molar-refractivity contribution in [1.82, 2.24) is 20.4 Å². The standard InChI is InChI=1S/C16H28N4O/c1-11(14-6-5-7-17-9-14)8-16(21)18-10-15-12(2)19-20(4)13(15)3/h11,14,17H,5-10H2,1-4H3,(H,18,21). The van der Waals surface area contributed by atoms with Crippen molar-refractivity contribution in [2.45, 2.75) is 46.6 Å². The number of aromatic nitrogens is 2. The van der Waals surface area contributed by atoms with Gasteiger partial charge in [-0.15, -0.1) is 0 Å². The van der Waals surface area contributed by atoms with Gasteiger partial charge in [-0.3, -0.25) is 9.48 Å². The molecule has 5 nitrogen and oxygen atoms in total. The van der Waals surface area contributed by atoms with E-state index in [1.807, 2.05) is 25.6 Å². The minimum absolute atomic E-state index is 0.149. The van der Waals surface area contributed by atoms with Crippen molar-refractivity contribution < 1.29 is 4.79 Å². The Morgan fingerprint density at radius 3 is 2.86 bits per heavy atom. The maximum absolute atomic E-state index is 12.1. The highest BCUT2D eigenvalue weighted by molar-refractivity contribution is 5.76. The summed E-state index contributed by atoms with van der Waals surface area (Å²) < 4.78 is 1.87. The number of carbonyl (C=O) groups is 1. The number of amides is 1. The van der Waals surface area contributed by atoms with Crippen LogP contribution in [0, 0.1) is 25.7 Å². The Labute approximate surface area is 127 Å². The third-order valence-electron chi connectivity index (χ3n) is 4.77. The topological polar surface area (TPSA) is 59.0 Å². The molecule has 1 aliphatic rings. The second-order valence-corrected chi connectivity index (χ2v) is 6.34. The summed E-state index contributed by atoms with van der Waals surface area (Å²) in [6, 6.07) is 0. The molecule has 0 aromatic carbocycles. The van der Waals surface area contributed by atoms with Gasteiger partial charge in [-0.05, 0) is 51.6 Å². The van der Waals surface area contributed by atoms with Crippen LogP contribution in [0.2, 0.25) is 0 Å². The molecule has 118 valence electrons. The number of aryl methyl sites for hydroxylation is 2. The molecule has 1 amide bonds. The molecule has 2 heterocycles. The number of carbonyl (C=O) groups excluding carboxylic acids is 1. The van der Waals surface area contributed by atoms with Crippen molar-refractivity contribution in [2.24, 2.45) is 18.9 Å². The second kappa shape index (κ2) is 7.07. The minimum atomic E-state index is 0.149. The van der Waals surface area contributed by atoms with E-state index in [0.29, 0.717) is 24.8 Å². The summed E-state index contributed by atoms with van der Waals surface area (Å²) in [5.41, 5.74) is 3.26. The molecule has 1 aliphatic heterocycles. The van der Waals surface area contributed by atoms with Crippen molar-refractivity contribution in [3.8, 4) is 0 Å². The second-order valence-electron chi connectivity index (χ2n) is 6.34. The van der Waals surface area contributed by atoms with Gasteiger partial charge in [0.25, 0.3) is 0 Å². The summed E-state index contributed by atoms with van der Waals surface area (Å²) in [5, 5.41) is 10.9. The number of hydrogen-bond donors (Lipinski definition) is 2. The Morgan fingerprint density at radius 1 is 1.52 bits per heavy atom. The van der Waals surface area contributed by atoms with Gasteiger partial charge < -0.3 is 10.6 Å². The van der Waals surface area contributed by atoms with Gasteiger partial charge >= 0.3 is 0 Å². The quantitative estimate of drug-likeness (QED) is 0.868. The third kappa shape index (κ3) is 4.06. The first kappa shape index (κ1) is 16.0. The van der Waals surface area contributed by atoms with Crippen LogP contribution < -0.4 is 10.6 Å². The van der Waals surface area contributed by atoms with Crippen molar-refractivity contribution >= 4 is 5.91 Å². The number of nitrogens with zero attached hydrogens (tertiary/aromatic N) is 2. The summed E-state index contributed by atoms with van der Waals surface area (Å²) in [5.74, 6) is 1.22. The van der Waals surface area contributed by atoms with Gasteiger partial charge in [0.05, 0.1) is 5.69 Å². The first-order valence-electron chi connectivity index (χ1n) is 7.95. The first-order chi connectivity index (χ1) is 9.99. The highest BCUT2D eigenvalue weighted by Gasteiger charge is 2.22. The van der Waals surface area contributed by atoms with Crippen LogP contribution in [-0.4, -0.2) is 28.8 Å². The lowest BCUT2D eigenvalue weighted by molar-refractivity contribution is -0.122. The highest BCUT2D eigenvalue weighted by atomic mass is 16.1. The predicted octanol–water partition coefficient (Wildman–Crippen LogP) is 1.68. The Hall–Kier alpha value is -1.36. The average molecular weight is 292 g/mol. The van der Waals surface area contributed by atoms with Crippen molar-refractivity contribution in [2.75, 3.05) is 13.1 Å². The Bertz CT molecular complexity index is 489. The Kier molecular flexibility index (Phi) is 5.39. The van der Waals surface area contributed by atoms with Crippen LogP contribution in [0.3, 0.4) is 0 Å². The first-order valence-corrected chi connectivity index (χ1v) is 7.95. The van der Waals surface area contributed by atoms with Crippen molar-refractivity contribution in [1.29, 1.82) is 0 Å². The summed E-state index contributed by atoms with van der Waals surface area (Å²) in [6.07, 6.45) is 3.08. The molecular formula is C16H28N4O. The largest absolute Gasteiger partial charge is 0.352 e.